The molecule has 2 aromatic rings. The molecule has 0 aliphatic heterocycles. The van der Waals surface area contributed by atoms with E-state index in [9.17, 15) is 4.79 Å². The molecule has 0 aliphatic carbocycles. The molecule has 0 bridgehead atoms. The highest BCUT2D eigenvalue weighted by Gasteiger charge is 2.07. The monoisotopic (exact) mass is 486 g/mol. The van der Waals surface area contributed by atoms with Crippen molar-refractivity contribution in [2.24, 2.45) is 4.99 Å². The van der Waals surface area contributed by atoms with E-state index in [1.165, 1.54) is 5.56 Å². The van der Waals surface area contributed by atoms with Gasteiger partial charge in [0.15, 0.2) is 5.96 Å². The van der Waals surface area contributed by atoms with Gasteiger partial charge in [0.05, 0.1) is 18.8 Å². The molecule has 0 amide bonds. The molecule has 0 aliphatic rings. The van der Waals surface area contributed by atoms with Crippen LogP contribution < -0.4 is 10.6 Å². The molecular weight excluding hydrogens is 459 g/mol. The van der Waals surface area contributed by atoms with Crippen molar-refractivity contribution in [3.63, 3.8) is 0 Å². The second-order valence-corrected chi connectivity index (χ2v) is 5.77. The first kappa shape index (κ1) is 22.9. The van der Waals surface area contributed by atoms with Crippen molar-refractivity contribution in [3.8, 4) is 11.5 Å². The molecule has 0 spiro atoms. The number of aryl methyl sites for hydroxylation is 1. The minimum Gasteiger partial charge on any atom is -0.466 e. The van der Waals surface area contributed by atoms with Gasteiger partial charge in [0.1, 0.15) is 6.26 Å². The van der Waals surface area contributed by atoms with E-state index in [0.29, 0.717) is 44.4 Å². The number of nitrogens with zero attached hydrogens (tertiary/aromatic N) is 2. The third-order valence-corrected chi connectivity index (χ3v) is 3.67. The van der Waals surface area contributed by atoms with Crippen LogP contribution in [0.1, 0.15) is 31.0 Å². The van der Waals surface area contributed by atoms with Gasteiger partial charge in [-0.15, -0.1) is 24.0 Å². The summed E-state index contributed by atoms with van der Waals surface area (Å²) in [6.07, 6.45) is 2.71. The predicted octanol–water partition coefficient (Wildman–Crippen LogP) is 3.28. The van der Waals surface area contributed by atoms with E-state index in [2.05, 4.69) is 20.6 Å². The van der Waals surface area contributed by atoms with Crippen LogP contribution in [0.15, 0.2) is 39.9 Å². The van der Waals surface area contributed by atoms with E-state index in [1.54, 1.807) is 20.2 Å². The summed E-state index contributed by atoms with van der Waals surface area (Å²) in [5.41, 5.74) is 2.93. The van der Waals surface area contributed by atoms with Crippen molar-refractivity contribution in [2.75, 3.05) is 20.2 Å². The van der Waals surface area contributed by atoms with Gasteiger partial charge in [-0.05, 0) is 32.4 Å². The molecule has 0 atom stereocenters. The number of aromatic nitrogens is 1. The Labute approximate surface area is 177 Å². The van der Waals surface area contributed by atoms with Gasteiger partial charge < -0.3 is 19.8 Å². The van der Waals surface area contributed by atoms with Crippen molar-refractivity contribution in [3.05, 3.63) is 41.8 Å². The molecule has 1 aromatic heterocycles. The van der Waals surface area contributed by atoms with Crippen molar-refractivity contribution >= 4 is 35.9 Å². The molecule has 0 fully saturated rings. The predicted molar refractivity (Wildman–Crippen MR) is 116 cm³/mol. The molecule has 7 nitrogen and oxygen atoms in total. The van der Waals surface area contributed by atoms with Crippen molar-refractivity contribution in [2.45, 2.75) is 33.2 Å². The lowest BCUT2D eigenvalue weighted by Gasteiger charge is -2.10. The summed E-state index contributed by atoms with van der Waals surface area (Å²) in [5, 5.41) is 6.33. The van der Waals surface area contributed by atoms with Gasteiger partial charge in [-0.1, -0.05) is 17.7 Å². The van der Waals surface area contributed by atoms with Crippen molar-refractivity contribution in [1.29, 1.82) is 0 Å². The molecule has 1 aromatic carbocycles. The highest BCUT2D eigenvalue weighted by molar-refractivity contribution is 14.0. The Bertz CT molecular complexity index is 729. The second-order valence-electron chi connectivity index (χ2n) is 5.77. The highest BCUT2D eigenvalue weighted by Crippen LogP contribution is 2.18. The first-order valence-electron chi connectivity index (χ1n) is 8.74. The summed E-state index contributed by atoms with van der Waals surface area (Å²) in [6, 6.07) is 8.03. The zero-order valence-electron chi connectivity index (χ0n) is 15.9. The van der Waals surface area contributed by atoms with E-state index < -0.39 is 0 Å². The summed E-state index contributed by atoms with van der Waals surface area (Å²) < 4.78 is 10.4. The number of ether oxygens (including phenoxy) is 1. The van der Waals surface area contributed by atoms with Crippen LogP contribution in [0.2, 0.25) is 0 Å². The normalized spacial score (nSPS) is 10.9. The quantitative estimate of drug-likeness (QED) is 0.196. The van der Waals surface area contributed by atoms with Crippen LogP contribution in [0.25, 0.3) is 11.5 Å². The number of aliphatic imine (C=N–C) groups is 1. The Kier molecular flexibility index (Phi) is 10.5. The average molecular weight is 486 g/mol. The van der Waals surface area contributed by atoms with Gasteiger partial charge in [0.25, 0.3) is 0 Å². The molecule has 0 unspecified atom stereocenters. The van der Waals surface area contributed by atoms with Gasteiger partial charge in [-0.2, -0.15) is 0 Å². The largest absolute Gasteiger partial charge is 0.466 e. The minimum atomic E-state index is -0.177. The molecule has 2 rings (SSSR count). The number of nitrogens with one attached hydrogen (secondary N) is 2. The summed E-state index contributed by atoms with van der Waals surface area (Å²) in [4.78, 5) is 19.9. The summed E-state index contributed by atoms with van der Waals surface area (Å²) in [5.74, 6) is 1.07. The number of oxazole rings is 1. The Morgan fingerprint density at radius 3 is 2.67 bits per heavy atom. The Morgan fingerprint density at radius 2 is 2.00 bits per heavy atom. The molecule has 27 heavy (non-hydrogen) atoms. The molecule has 0 saturated carbocycles. The van der Waals surface area contributed by atoms with Gasteiger partial charge >= 0.3 is 5.97 Å². The minimum absolute atomic E-state index is 0. The first-order chi connectivity index (χ1) is 12.6. The third kappa shape index (κ3) is 7.98. The lowest BCUT2D eigenvalue weighted by molar-refractivity contribution is -0.143. The van der Waals surface area contributed by atoms with E-state index >= 15 is 0 Å². The third-order valence-electron chi connectivity index (χ3n) is 3.67. The zero-order valence-corrected chi connectivity index (χ0v) is 18.3. The standard InChI is InChI=1S/C19H26N4O3.HI/c1-4-25-17(24)6-5-11-21-19(20-3)22-12-16-13-26-18(23-16)15-9-7-14(2)8-10-15;/h7-10,13H,4-6,11-12H2,1-3H3,(H2,20,21,22);1H. The molecule has 2 N–H and O–H groups in total. The number of benzene rings is 1. The van der Waals surface area contributed by atoms with Gasteiger partial charge in [-0.3, -0.25) is 9.79 Å². The molecular formula is C19H27IN4O3. The maximum atomic E-state index is 11.3. The van der Waals surface area contributed by atoms with E-state index in [0.717, 1.165) is 11.3 Å². The average Bonchev–Trinajstić information content (AvgIpc) is 3.11. The molecule has 0 radical (unpaired) electrons. The fraction of sp³-hybridized carbons (Fsp3) is 0.421. The number of esters is 1. The molecule has 1 heterocycles. The first-order valence-corrected chi connectivity index (χ1v) is 8.74. The van der Waals surface area contributed by atoms with Crippen LogP contribution in [0.3, 0.4) is 0 Å². The van der Waals surface area contributed by atoms with Gasteiger partial charge in [-0.25, -0.2) is 4.98 Å². The lowest BCUT2D eigenvalue weighted by atomic mass is 10.1. The summed E-state index contributed by atoms with van der Waals surface area (Å²) in [6.45, 7) is 5.38. The Balaban J connectivity index is 0.00000364. The number of halogens is 1. The number of rotatable bonds is 8. The van der Waals surface area contributed by atoms with Crippen LogP contribution in [0.4, 0.5) is 0 Å². The Morgan fingerprint density at radius 1 is 1.26 bits per heavy atom. The second kappa shape index (κ2) is 12.3. The molecule has 0 saturated heterocycles. The van der Waals surface area contributed by atoms with Crippen LogP contribution >= 0.6 is 24.0 Å². The van der Waals surface area contributed by atoms with Crippen molar-refractivity contribution < 1.29 is 13.9 Å². The Hall–Kier alpha value is -2.10. The van der Waals surface area contributed by atoms with Gasteiger partial charge in [0.2, 0.25) is 5.89 Å². The number of hydrogen-bond acceptors (Lipinski definition) is 5. The maximum absolute atomic E-state index is 11.3. The molecule has 148 valence electrons. The van der Waals surface area contributed by atoms with Crippen LogP contribution in [0, 0.1) is 6.92 Å². The number of guanidine groups is 1. The van der Waals surface area contributed by atoms with E-state index in [-0.39, 0.29) is 29.9 Å². The highest BCUT2D eigenvalue weighted by atomic mass is 127. The SMILES string of the molecule is CCOC(=O)CCCNC(=NC)NCc1coc(-c2ccc(C)cc2)n1.I. The summed E-state index contributed by atoms with van der Waals surface area (Å²) >= 11 is 0. The van der Waals surface area contributed by atoms with Crippen LogP contribution in [-0.2, 0) is 16.1 Å². The van der Waals surface area contributed by atoms with Gasteiger partial charge in [0, 0.05) is 25.6 Å². The topological polar surface area (TPSA) is 88.8 Å². The zero-order chi connectivity index (χ0) is 18.8. The maximum Gasteiger partial charge on any atom is 0.305 e. The summed E-state index contributed by atoms with van der Waals surface area (Å²) in [7, 11) is 1.70. The van der Waals surface area contributed by atoms with Crippen LogP contribution in [-0.4, -0.2) is 37.1 Å². The van der Waals surface area contributed by atoms with E-state index in [4.69, 9.17) is 9.15 Å². The number of carbonyl (C=O) groups is 1. The fourth-order valence-corrected chi connectivity index (χ4v) is 2.28. The van der Waals surface area contributed by atoms with Crippen molar-refractivity contribution in [1.82, 2.24) is 15.6 Å². The number of carbonyl (C=O) groups excluding carboxylic acids is 1. The van der Waals surface area contributed by atoms with Crippen LogP contribution in [0.5, 0.6) is 0 Å². The smallest absolute Gasteiger partial charge is 0.305 e. The molecule has 8 heteroatoms. The van der Waals surface area contributed by atoms with E-state index in [1.807, 2.05) is 31.2 Å². The number of hydrogen-bond donors (Lipinski definition) is 2. The lowest BCUT2D eigenvalue weighted by Crippen LogP contribution is -2.37. The fourth-order valence-electron chi connectivity index (χ4n) is 2.28.